The lowest BCUT2D eigenvalue weighted by molar-refractivity contribution is 0.245. The van der Waals surface area contributed by atoms with Crippen LogP contribution in [-0.2, 0) is 4.43 Å². The molecule has 0 N–H and O–H groups in total. The van der Waals surface area contributed by atoms with E-state index < -0.39 is 8.56 Å². The predicted octanol–water partition coefficient (Wildman–Crippen LogP) is 6.41. The smallest absolute Gasteiger partial charge is 0.422 e. The second-order valence-electron chi connectivity index (χ2n) is 6.31. The van der Waals surface area contributed by atoms with Crippen LogP contribution in [0.3, 0.4) is 0 Å². The average Bonchev–Trinajstić information content (AvgIpc) is 2.57. The minimum absolute atomic E-state index is 0.775. The normalized spacial score (nSPS) is 13.5. The molecule has 23 heavy (non-hydrogen) atoms. The third kappa shape index (κ3) is 9.62. The summed E-state index contributed by atoms with van der Waals surface area (Å²) in [5.74, 6) is 0.869. The molecular formula is C20H34O2Si. The van der Waals surface area contributed by atoms with Crippen LogP contribution in [0, 0.1) is 0 Å². The van der Waals surface area contributed by atoms with Gasteiger partial charge < -0.3 is 8.85 Å². The summed E-state index contributed by atoms with van der Waals surface area (Å²) in [5.41, 5.74) is 1.87. The zero-order chi connectivity index (χ0) is 16.8. The minimum atomic E-state index is -2.29. The molecule has 3 heteroatoms. The Bertz CT molecular complexity index is 407. The van der Waals surface area contributed by atoms with E-state index in [1.807, 2.05) is 36.0 Å². The molecule has 1 atom stereocenters. The van der Waals surface area contributed by atoms with Gasteiger partial charge in [-0.2, -0.15) is 0 Å². The van der Waals surface area contributed by atoms with Crippen molar-refractivity contribution in [3.05, 3.63) is 42.6 Å². The van der Waals surface area contributed by atoms with Gasteiger partial charge in [-0.15, -0.1) is 6.58 Å². The topological polar surface area (TPSA) is 18.5 Å². The molecular weight excluding hydrogens is 300 g/mol. The lowest BCUT2D eigenvalue weighted by Gasteiger charge is -2.24. The molecule has 1 rings (SSSR count). The summed E-state index contributed by atoms with van der Waals surface area (Å²) in [5, 5.41) is 0. The maximum Gasteiger partial charge on any atom is 0.422 e. The zero-order valence-electron chi connectivity index (χ0n) is 15.1. The number of hydrogen-bond donors (Lipinski definition) is 0. The first-order valence-corrected chi connectivity index (χ1v) is 11.6. The van der Waals surface area contributed by atoms with Gasteiger partial charge in [0, 0.05) is 6.61 Å². The summed E-state index contributed by atoms with van der Waals surface area (Å²) < 4.78 is 12.1. The molecule has 0 amide bonds. The third-order valence-corrected chi connectivity index (χ3v) is 6.23. The van der Waals surface area contributed by atoms with Crippen molar-refractivity contribution in [3.63, 3.8) is 0 Å². The van der Waals surface area contributed by atoms with Crippen LogP contribution >= 0.6 is 0 Å². The molecule has 1 aromatic carbocycles. The summed E-state index contributed by atoms with van der Waals surface area (Å²) in [6, 6.07) is 9.89. The van der Waals surface area contributed by atoms with Crippen LogP contribution in [0.4, 0.5) is 0 Å². The summed E-state index contributed by atoms with van der Waals surface area (Å²) in [6.07, 6.45) is 12.0. The molecule has 0 bridgehead atoms. The molecule has 0 radical (unpaired) electrons. The fraction of sp³-hybridized carbons (Fsp3) is 0.600. The molecule has 0 saturated carbocycles. The molecule has 2 nitrogen and oxygen atoms in total. The number of rotatable bonds is 14. The van der Waals surface area contributed by atoms with Crippen molar-refractivity contribution >= 4 is 8.56 Å². The van der Waals surface area contributed by atoms with Gasteiger partial charge in [0.25, 0.3) is 0 Å². The Balaban J connectivity index is 2.09. The zero-order valence-corrected chi connectivity index (χ0v) is 16.1. The van der Waals surface area contributed by atoms with E-state index in [0.717, 1.165) is 18.8 Å². The van der Waals surface area contributed by atoms with E-state index in [1.54, 1.807) is 0 Å². The van der Waals surface area contributed by atoms with E-state index in [-0.39, 0.29) is 0 Å². The summed E-state index contributed by atoms with van der Waals surface area (Å²) in [7, 11) is -2.29. The van der Waals surface area contributed by atoms with Crippen molar-refractivity contribution in [2.75, 3.05) is 6.61 Å². The Morgan fingerprint density at radius 3 is 2.04 bits per heavy atom. The summed E-state index contributed by atoms with van der Waals surface area (Å²) in [6.45, 7) is 9.00. The van der Waals surface area contributed by atoms with Crippen molar-refractivity contribution in [3.8, 4) is 5.75 Å². The third-order valence-electron chi connectivity index (χ3n) is 4.07. The lowest BCUT2D eigenvalue weighted by Crippen LogP contribution is -2.40. The van der Waals surface area contributed by atoms with Gasteiger partial charge in [0.15, 0.2) is 0 Å². The lowest BCUT2D eigenvalue weighted by atomic mass is 10.1. The number of benzene rings is 1. The molecule has 0 heterocycles. The highest BCUT2D eigenvalue weighted by molar-refractivity contribution is 6.71. The second-order valence-corrected chi connectivity index (χ2v) is 9.25. The molecule has 130 valence electrons. The van der Waals surface area contributed by atoms with Gasteiger partial charge in [-0.25, -0.2) is 0 Å². The number of para-hydroxylation sites is 1. The molecule has 0 fully saturated rings. The van der Waals surface area contributed by atoms with Crippen LogP contribution in [-0.4, -0.2) is 15.2 Å². The SMILES string of the molecule is C=C[Si](C)(OCCCCCCCCCCC)Oc1ccccc1. The Morgan fingerprint density at radius 1 is 0.913 bits per heavy atom. The molecule has 0 aromatic heterocycles. The molecule has 1 aromatic rings. The van der Waals surface area contributed by atoms with Crippen LogP contribution in [0.25, 0.3) is 0 Å². The van der Waals surface area contributed by atoms with Gasteiger partial charge in [0.05, 0.1) is 0 Å². The van der Waals surface area contributed by atoms with Gasteiger partial charge in [0.2, 0.25) is 0 Å². The Labute approximate surface area is 144 Å². The number of hydrogen-bond acceptors (Lipinski definition) is 2. The van der Waals surface area contributed by atoms with E-state index in [4.69, 9.17) is 8.85 Å². The van der Waals surface area contributed by atoms with E-state index in [2.05, 4.69) is 20.0 Å². The Kier molecular flexibility index (Phi) is 10.7. The van der Waals surface area contributed by atoms with Gasteiger partial charge in [0.1, 0.15) is 5.75 Å². The van der Waals surface area contributed by atoms with E-state index >= 15 is 0 Å². The van der Waals surface area contributed by atoms with E-state index in [0.29, 0.717) is 0 Å². The first-order chi connectivity index (χ1) is 11.2. The first-order valence-electron chi connectivity index (χ1n) is 9.22. The second kappa shape index (κ2) is 12.4. The fourth-order valence-electron chi connectivity index (χ4n) is 2.54. The molecule has 0 aliphatic rings. The van der Waals surface area contributed by atoms with Crippen LogP contribution in [0.2, 0.25) is 6.55 Å². The maximum absolute atomic E-state index is 6.04. The standard InChI is InChI=1S/C20H34O2Si/c1-4-6-7-8-9-10-11-12-16-19-21-23(3,5-2)22-20-17-14-13-15-18-20/h5,13-15,17-18H,2,4,6-12,16,19H2,1,3H3. The monoisotopic (exact) mass is 334 g/mol. The van der Waals surface area contributed by atoms with Crippen molar-refractivity contribution < 1.29 is 8.85 Å². The molecule has 0 saturated heterocycles. The van der Waals surface area contributed by atoms with Crippen molar-refractivity contribution in [2.24, 2.45) is 0 Å². The van der Waals surface area contributed by atoms with Gasteiger partial charge in [-0.05, 0) is 30.8 Å². The van der Waals surface area contributed by atoms with Crippen LogP contribution < -0.4 is 4.43 Å². The maximum atomic E-state index is 6.04. The predicted molar refractivity (Wildman–Crippen MR) is 102 cm³/mol. The Morgan fingerprint density at radius 2 is 1.48 bits per heavy atom. The van der Waals surface area contributed by atoms with Gasteiger partial charge >= 0.3 is 8.56 Å². The highest BCUT2D eigenvalue weighted by Crippen LogP contribution is 2.17. The highest BCUT2D eigenvalue weighted by Gasteiger charge is 2.29. The molecule has 0 aliphatic carbocycles. The summed E-state index contributed by atoms with van der Waals surface area (Å²) in [4.78, 5) is 0. The van der Waals surface area contributed by atoms with Crippen molar-refractivity contribution in [2.45, 2.75) is 71.3 Å². The highest BCUT2D eigenvalue weighted by atomic mass is 28.4. The van der Waals surface area contributed by atoms with Crippen molar-refractivity contribution in [1.82, 2.24) is 0 Å². The van der Waals surface area contributed by atoms with E-state index in [9.17, 15) is 0 Å². The van der Waals surface area contributed by atoms with Gasteiger partial charge in [-0.3, -0.25) is 0 Å². The average molecular weight is 335 g/mol. The van der Waals surface area contributed by atoms with Gasteiger partial charge in [-0.1, -0.05) is 76.5 Å². The first kappa shape index (κ1) is 20.0. The van der Waals surface area contributed by atoms with Crippen LogP contribution in [0.1, 0.15) is 64.7 Å². The van der Waals surface area contributed by atoms with Crippen molar-refractivity contribution in [1.29, 1.82) is 0 Å². The molecule has 0 aliphatic heterocycles. The molecule has 0 spiro atoms. The number of unbranched alkanes of at least 4 members (excludes halogenated alkanes) is 8. The largest absolute Gasteiger partial charge is 0.518 e. The fourth-order valence-corrected chi connectivity index (χ4v) is 3.95. The molecule has 1 unspecified atom stereocenters. The van der Waals surface area contributed by atoms with Crippen LogP contribution in [0.5, 0.6) is 5.75 Å². The Hall–Kier alpha value is -1.06. The van der Waals surface area contributed by atoms with Crippen LogP contribution in [0.15, 0.2) is 42.6 Å². The van der Waals surface area contributed by atoms with E-state index in [1.165, 1.54) is 51.4 Å². The quantitative estimate of drug-likeness (QED) is 0.289. The summed E-state index contributed by atoms with van der Waals surface area (Å²) >= 11 is 0. The minimum Gasteiger partial charge on any atom is -0.518 e.